The third-order valence-electron chi connectivity index (χ3n) is 14.1. The highest BCUT2D eigenvalue weighted by atomic mass is 15.2. The van der Waals surface area contributed by atoms with Gasteiger partial charge in [0.25, 0.3) is 6.71 Å². The summed E-state index contributed by atoms with van der Waals surface area (Å²) >= 11 is 0. The van der Waals surface area contributed by atoms with Gasteiger partial charge in [0, 0.05) is 34.1 Å². The second-order valence-electron chi connectivity index (χ2n) is 20.2. The van der Waals surface area contributed by atoms with Crippen LogP contribution in [0.3, 0.4) is 0 Å². The molecular weight excluding hydrogens is 675 g/mol. The highest BCUT2D eigenvalue weighted by Crippen LogP contribution is 2.50. The zero-order valence-corrected chi connectivity index (χ0v) is 35.6. The van der Waals surface area contributed by atoms with Gasteiger partial charge in [-0.3, -0.25) is 0 Å². The van der Waals surface area contributed by atoms with Crippen molar-refractivity contribution in [2.24, 2.45) is 11.8 Å². The topological polar surface area (TPSA) is 6.48 Å². The van der Waals surface area contributed by atoms with E-state index in [-0.39, 0.29) is 17.5 Å². The highest BCUT2D eigenvalue weighted by Gasteiger charge is 2.47. The molecule has 0 amide bonds. The van der Waals surface area contributed by atoms with Gasteiger partial charge >= 0.3 is 0 Å². The van der Waals surface area contributed by atoms with Crippen LogP contribution >= 0.6 is 0 Å². The lowest BCUT2D eigenvalue weighted by Gasteiger charge is -2.48. The van der Waals surface area contributed by atoms with E-state index < -0.39 is 0 Å². The lowest BCUT2D eigenvalue weighted by Crippen LogP contribution is -2.57. The van der Waals surface area contributed by atoms with Gasteiger partial charge in [-0.15, -0.1) is 0 Å². The van der Waals surface area contributed by atoms with Crippen molar-refractivity contribution in [1.29, 1.82) is 0 Å². The maximum Gasteiger partial charge on any atom is 0.251 e. The fourth-order valence-corrected chi connectivity index (χ4v) is 10.9. The normalized spacial score (nSPS) is 21.3. The lowest BCUT2D eigenvalue weighted by molar-refractivity contribution is 0.405. The fraction of sp³-hybridized carbons (Fsp3) is 0.472. The lowest BCUT2D eigenvalue weighted by atomic mass is 9.31. The zero-order valence-electron chi connectivity index (χ0n) is 35.6. The van der Waals surface area contributed by atoms with E-state index in [2.05, 4.69) is 143 Å². The van der Waals surface area contributed by atoms with Gasteiger partial charge in [0.15, 0.2) is 0 Å². The molecule has 0 saturated heterocycles. The van der Waals surface area contributed by atoms with Gasteiger partial charge in [-0.1, -0.05) is 135 Å². The molecule has 1 fully saturated rings. The molecular formula is C53H65BN2. The Morgan fingerprint density at radius 1 is 0.518 bits per heavy atom. The second-order valence-corrected chi connectivity index (χ2v) is 20.2. The Morgan fingerprint density at radius 2 is 1.09 bits per heavy atom. The SMILES string of the molecule is Cc1cc2c3c(c1)N(c1ccc(C(C)(C)C)cc1)c1ccc(C(C)(C)C)cc1B3C1=CC3CCCCCCCC3C=C1N2c1ccc2c(c1)CCCCCCC2. The minimum absolute atomic E-state index is 0.0490. The van der Waals surface area contributed by atoms with Crippen molar-refractivity contribution in [2.45, 2.75) is 149 Å². The quantitative estimate of drug-likeness (QED) is 0.189. The largest absolute Gasteiger partial charge is 0.312 e. The first-order valence-electron chi connectivity index (χ1n) is 22.5. The Morgan fingerprint density at radius 3 is 1.77 bits per heavy atom. The van der Waals surface area contributed by atoms with Crippen molar-refractivity contribution in [3.8, 4) is 0 Å². The van der Waals surface area contributed by atoms with E-state index in [0.29, 0.717) is 11.8 Å². The van der Waals surface area contributed by atoms with Gasteiger partial charge < -0.3 is 9.80 Å². The number of nitrogens with zero attached hydrogens (tertiary/aromatic N) is 2. The van der Waals surface area contributed by atoms with Crippen LogP contribution in [0.15, 0.2) is 96.1 Å². The first-order valence-corrected chi connectivity index (χ1v) is 22.5. The molecule has 0 N–H and O–H groups in total. The maximum absolute atomic E-state index is 2.81. The van der Waals surface area contributed by atoms with Crippen LogP contribution in [-0.4, -0.2) is 6.71 Å². The predicted molar refractivity (Wildman–Crippen MR) is 243 cm³/mol. The zero-order chi connectivity index (χ0) is 38.8. The fourth-order valence-electron chi connectivity index (χ4n) is 10.9. The van der Waals surface area contributed by atoms with Crippen LogP contribution in [0.1, 0.15) is 146 Å². The molecule has 2 nitrogen and oxygen atoms in total. The first-order chi connectivity index (χ1) is 27.0. The number of allylic oxidation sites excluding steroid dienone is 3. The molecule has 0 spiro atoms. The van der Waals surface area contributed by atoms with E-state index >= 15 is 0 Å². The Kier molecular flexibility index (Phi) is 9.91. The summed E-state index contributed by atoms with van der Waals surface area (Å²) < 4.78 is 0. The Balaban J connectivity index is 1.31. The van der Waals surface area contributed by atoms with Crippen LogP contribution in [0.4, 0.5) is 28.4 Å². The minimum Gasteiger partial charge on any atom is -0.312 e. The molecule has 0 aromatic heterocycles. The van der Waals surface area contributed by atoms with Crippen LogP contribution < -0.4 is 20.7 Å². The van der Waals surface area contributed by atoms with E-state index in [1.54, 1.807) is 16.6 Å². The smallest absolute Gasteiger partial charge is 0.251 e. The third-order valence-corrected chi connectivity index (χ3v) is 14.1. The number of fused-ring (bicyclic) bond motifs is 6. The van der Waals surface area contributed by atoms with E-state index in [0.717, 1.165) is 0 Å². The molecule has 56 heavy (non-hydrogen) atoms. The number of anilines is 5. The number of hydrogen-bond donors (Lipinski definition) is 0. The van der Waals surface area contributed by atoms with Gasteiger partial charge in [-0.2, -0.15) is 0 Å². The van der Waals surface area contributed by atoms with Crippen LogP contribution in [0, 0.1) is 18.8 Å². The van der Waals surface area contributed by atoms with Gasteiger partial charge in [0.1, 0.15) is 0 Å². The molecule has 2 aliphatic heterocycles. The molecule has 3 heteroatoms. The van der Waals surface area contributed by atoms with Gasteiger partial charge in [0.05, 0.1) is 0 Å². The van der Waals surface area contributed by atoms with E-state index in [4.69, 9.17) is 0 Å². The minimum atomic E-state index is 0.0490. The maximum atomic E-state index is 2.81. The molecule has 2 unspecified atom stereocenters. The standard InChI is InChI=1S/C53H65BN2/c1-36-30-49-51-50(31-36)56(44-26-22-37-18-14-10-8-11-15-19-38(37)32-44)48-34-40-21-17-13-9-12-16-20-39(40)33-45(48)54(51)46-35-42(53(5,6)7)25-29-47(46)55(49)43-27-23-41(24-28-43)52(2,3)4/h22-35,39-40H,8-21H2,1-7H3. The first kappa shape index (κ1) is 37.6. The molecule has 2 atom stereocenters. The Bertz CT molecular complexity index is 2170. The molecule has 2 heterocycles. The third kappa shape index (κ3) is 6.90. The van der Waals surface area contributed by atoms with E-state index in [1.165, 1.54) is 152 Å². The molecule has 9 rings (SSSR count). The number of aryl methyl sites for hydroxylation is 3. The molecule has 0 radical (unpaired) electrons. The van der Waals surface area contributed by atoms with E-state index in [1.807, 2.05) is 0 Å². The monoisotopic (exact) mass is 741 g/mol. The van der Waals surface area contributed by atoms with Gasteiger partial charge in [0.2, 0.25) is 0 Å². The Hall–Kier alpha value is -3.98. The predicted octanol–water partition coefficient (Wildman–Crippen LogP) is 13.5. The molecule has 3 aliphatic carbocycles. The molecule has 0 bridgehead atoms. The van der Waals surface area contributed by atoms with Crippen molar-refractivity contribution in [2.75, 3.05) is 9.80 Å². The highest BCUT2D eigenvalue weighted by molar-refractivity contribution is 6.96. The van der Waals surface area contributed by atoms with Gasteiger partial charge in [-0.25, -0.2) is 0 Å². The van der Waals surface area contributed by atoms with Crippen LogP contribution in [-0.2, 0) is 23.7 Å². The number of rotatable bonds is 2. The van der Waals surface area contributed by atoms with Crippen LogP contribution in [0.2, 0.25) is 0 Å². The molecule has 4 aromatic rings. The summed E-state index contributed by atoms with van der Waals surface area (Å²) in [5.74, 6) is 1.19. The second kappa shape index (κ2) is 14.8. The summed E-state index contributed by atoms with van der Waals surface area (Å²) in [4.78, 5) is 5.35. The number of hydrogen-bond acceptors (Lipinski definition) is 2. The van der Waals surface area contributed by atoms with Crippen molar-refractivity contribution in [3.63, 3.8) is 0 Å². The average Bonchev–Trinajstić information content (AvgIpc) is 3.36. The average molecular weight is 741 g/mol. The summed E-state index contributed by atoms with van der Waals surface area (Å²) in [6.07, 6.45) is 24.1. The molecule has 5 aliphatic rings. The summed E-state index contributed by atoms with van der Waals surface area (Å²) in [5, 5.41) is 0. The number of benzene rings is 4. The van der Waals surface area contributed by atoms with Crippen LogP contribution in [0.5, 0.6) is 0 Å². The molecule has 1 saturated carbocycles. The summed E-state index contributed by atoms with van der Waals surface area (Å²) in [7, 11) is 0. The van der Waals surface area contributed by atoms with Crippen molar-refractivity contribution in [1.82, 2.24) is 0 Å². The van der Waals surface area contributed by atoms with Crippen molar-refractivity contribution < 1.29 is 0 Å². The van der Waals surface area contributed by atoms with E-state index in [9.17, 15) is 0 Å². The van der Waals surface area contributed by atoms with Crippen molar-refractivity contribution >= 4 is 46.1 Å². The van der Waals surface area contributed by atoms with Crippen molar-refractivity contribution in [3.05, 3.63) is 124 Å². The molecule has 290 valence electrons. The Labute approximate surface area is 339 Å². The summed E-state index contributed by atoms with van der Waals surface area (Å²) in [6.45, 7) is 16.6. The van der Waals surface area contributed by atoms with Gasteiger partial charge in [-0.05, 0) is 155 Å². The van der Waals surface area contributed by atoms with Crippen LogP contribution in [0.25, 0.3) is 0 Å². The molecule has 4 aromatic carbocycles. The summed E-state index contributed by atoms with van der Waals surface area (Å²) in [5.41, 5.74) is 20.0. The summed E-state index contributed by atoms with van der Waals surface area (Å²) in [6, 6.07) is 29.6.